The molecule has 0 aromatic heterocycles. The van der Waals surface area contributed by atoms with E-state index in [0.717, 1.165) is 5.56 Å². The van der Waals surface area contributed by atoms with Gasteiger partial charge in [-0.3, -0.25) is 0 Å². The molecule has 2 aromatic rings. The lowest BCUT2D eigenvalue weighted by molar-refractivity contribution is 0.264. The number of hydrogen-bond acceptors (Lipinski definition) is 5. The number of rotatable bonds is 4. The second-order valence-corrected chi connectivity index (χ2v) is 8.07. The molecule has 1 atom stereocenters. The average molecular weight is 392 g/mol. The number of sulfonamides is 1. The minimum atomic E-state index is -3.92. The van der Waals surface area contributed by atoms with Crippen LogP contribution in [0, 0.1) is 11.3 Å². The van der Waals surface area contributed by atoms with Crippen molar-refractivity contribution in [1.29, 1.82) is 5.26 Å². The summed E-state index contributed by atoms with van der Waals surface area (Å²) < 4.78 is 33.5. The van der Waals surface area contributed by atoms with E-state index in [1.807, 2.05) is 24.3 Å². The number of methoxy groups -OCH3 is 1. The molecule has 1 heterocycles. The van der Waals surface area contributed by atoms with Crippen LogP contribution in [0.25, 0.3) is 0 Å². The molecule has 0 bridgehead atoms. The third-order valence-corrected chi connectivity index (χ3v) is 6.63. The van der Waals surface area contributed by atoms with Crippen LogP contribution in [0.3, 0.4) is 0 Å². The first-order valence-electron chi connectivity index (χ1n) is 8.04. The minimum absolute atomic E-state index is 0.0357. The number of para-hydroxylation sites is 1. The Balaban J connectivity index is 2.11. The number of piperazine rings is 1. The van der Waals surface area contributed by atoms with E-state index in [2.05, 4.69) is 5.32 Å². The Morgan fingerprint density at radius 2 is 2.04 bits per heavy atom. The highest BCUT2D eigenvalue weighted by Gasteiger charge is 2.37. The molecule has 3 rings (SSSR count). The molecule has 0 radical (unpaired) electrons. The lowest BCUT2D eigenvalue weighted by atomic mass is 10.0. The van der Waals surface area contributed by atoms with Gasteiger partial charge in [-0.1, -0.05) is 35.9 Å². The van der Waals surface area contributed by atoms with E-state index in [0.29, 0.717) is 18.8 Å². The van der Waals surface area contributed by atoms with Gasteiger partial charge in [0.15, 0.2) is 0 Å². The van der Waals surface area contributed by atoms with Gasteiger partial charge in [-0.2, -0.15) is 9.57 Å². The van der Waals surface area contributed by atoms with Crippen LogP contribution in [-0.2, 0) is 10.0 Å². The van der Waals surface area contributed by atoms with Crippen molar-refractivity contribution < 1.29 is 13.2 Å². The van der Waals surface area contributed by atoms with Gasteiger partial charge in [0, 0.05) is 25.2 Å². The van der Waals surface area contributed by atoms with E-state index in [4.69, 9.17) is 16.3 Å². The molecule has 26 heavy (non-hydrogen) atoms. The van der Waals surface area contributed by atoms with Gasteiger partial charge < -0.3 is 10.1 Å². The maximum atomic E-state index is 13.4. The molecule has 6 nitrogen and oxygen atoms in total. The second kappa shape index (κ2) is 7.64. The topological polar surface area (TPSA) is 82.4 Å². The zero-order valence-electron chi connectivity index (χ0n) is 14.1. The van der Waals surface area contributed by atoms with Crippen molar-refractivity contribution in [2.24, 2.45) is 0 Å². The highest BCUT2D eigenvalue weighted by atomic mass is 35.5. The van der Waals surface area contributed by atoms with Crippen molar-refractivity contribution in [1.82, 2.24) is 9.62 Å². The van der Waals surface area contributed by atoms with E-state index in [-0.39, 0.29) is 22.0 Å². The fourth-order valence-electron chi connectivity index (χ4n) is 3.13. The van der Waals surface area contributed by atoms with Crippen molar-refractivity contribution in [2.75, 3.05) is 26.7 Å². The molecular weight excluding hydrogens is 374 g/mol. The van der Waals surface area contributed by atoms with Gasteiger partial charge in [0.2, 0.25) is 10.0 Å². The average Bonchev–Trinajstić information content (AvgIpc) is 2.67. The molecule has 0 spiro atoms. The van der Waals surface area contributed by atoms with Crippen LogP contribution in [0.1, 0.15) is 17.2 Å². The largest absolute Gasteiger partial charge is 0.496 e. The van der Waals surface area contributed by atoms with Crippen LogP contribution in [0.4, 0.5) is 0 Å². The van der Waals surface area contributed by atoms with Crippen molar-refractivity contribution in [3.8, 4) is 11.8 Å². The van der Waals surface area contributed by atoms with Crippen LogP contribution < -0.4 is 10.1 Å². The Morgan fingerprint density at radius 1 is 1.27 bits per heavy atom. The Labute approximate surface area is 158 Å². The molecule has 136 valence electrons. The Hall–Kier alpha value is -2.11. The van der Waals surface area contributed by atoms with E-state index in [1.165, 1.54) is 22.5 Å². The number of hydrogen-bond donors (Lipinski definition) is 1. The third kappa shape index (κ3) is 3.29. The normalized spacial score (nSPS) is 18.3. The highest BCUT2D eigenvalue weighted by molar-refractivity contribution is 7.89. The number of nitrogens with one attached hydrogen (secondary N) is 1. The van der Waals surface area contributed by atoms with E-state index >= 15 is 0 Å². The summed E-state index contributed by atoms with van der Waals surface area (Å²) in [6, 6.07) is 13.3. The van der Waals surface area contributed by atoms with Crippen molar-refractivity contribution >= 4 is 21.6 Å². The standard InChI is InChI=1S/C18H18ClN3O3S/c1-25-17-7-3-2-5-13(17)16-12-21-9-10-22(16)26(23,24)18-8-4-6-15(19)14(18)11-20/h2-8,16,21H,9-10,12H2,1H3. The number of nitrogens with zero attached hydrogens (tertiary/aromatic N) is 2. The highest BCUT2D eigenvalue weighted by Crippen LogP contribution is 2.35. The fourth-order valence-corrected chi connectivity index (χ4v) is 5.18. The van der Waals surface area contributed by atoms with Gasteiger partial charge in [-0.25, -0.2) is 8.42 Å². The quantitative estimate of drug-likeness (QED) is 0.866. The summed E-state index contributed by atoms with van der Waals surface area (Å²) in [5.74, 6) is 0.619. The van der Waals surface area contributed by atoms with Gasteiger partial charge >= 0.3 is 0 Å². The molecule has 2 aromatic carbocycles. The van der Waals surface area contributed by atoms with Crippen LogP contribution in [0.2, 0.25) is 5.02 Å². The lowest BCUT2D eigenvalue weighted by Crippen LogP contribution is -2.48. The van der Waals surface area contributed by atoms with Gasteiger partial charge in [-0.15, -0.1) is 0 Å². The Bertz CT molecular complexity index is 956. The summed E-state index contributed by atoms with van der Waals surface area (Å²) >= 11 is 6.04. The number of nitriles is 1. The minimum Gasteiger partial charge on any atom is -0.496 e. The molecule has 1 unspecified atom stereocenters. The van der Waals surface area contributed by atoms with Crippen molar-refractivity contribution in [2.45, 2.75) is 10.9 Å². The van der Waals surface area contributed by atoms with Crippen LogP contribution in [0.15, 0.2) is 47.4 Å². The summed E-state index contributed by atoms with van der Waals surface area (Å²) in [5.41, 5.74) is 0.734. The Morgan fingerprint density at radius 3 is 2.77 bits per heavy atom. The van der Waals surface area contributed by atoms with E-state index in [1.54, 1.807) is 13.2 Å². The predicted molar refractivity (Wildman–Crippen MR) is 98.7 cm³/mol. The first kappa shape index (κ1) is 18.7. The summed E-state index contributed by atoms with van der Waals surface area (Å²) in [6.07, 6.45) is 0. The monoisotopic (exact) mass is 391 g/mol. The molecule has 8 heteroatoms. The maximum absolute atomic E-state index is 13.4. The molecule has 1 aliphatic rings. The molecular formula is C18H18ClN3O3S. The first-order chi connectivity index (χ1) is 12.5. The van der Waals surface area contributed by atoms with Gasteiger partial charge in [0.1, 0.15) is 16.7 Å². The number of benzene rings is 2. The summed E-state index contributed by atoms with van der Waals surface area (Å²) in [6.45, 7) is 1.25. The number of ether oxygens (including phenoxy) is 1. The SMILES string of the molecule is COc1ccccc1C1CNCCN1S(=O)(=O)c1cccc(Cl)c1C#N. The summed E-state index contributed by atoms with van der Waals surface area (Å²) in [7, 11) is -2.36. The molecule has 1 fully saturated rings. The zero-order chi connectivity index (χ0) is 18.7. The lowest BCUT2D eigenvalue weighted by Gasteiger charge is -2.36. The van der Waals surface area contributed by atoms with E-state index < -0.39 is 16.1 Å². The Kier molecular flexibility index (Phi) is 5.49. The molecule has 0 aliphatic carbocycles. The van der Waals surface area contributed by atoms with Crippen LogP contribution >= 0.6 is 11.6 Å². The molecule has 0 amide bonds. The van der Waals surface area contributed by atoms with Gasteiger partial charge in [0.25, 0.3) is 0 Å². The first-order valence-corrected chi connectivity index (χ1v) is 9.86. The fraction of sp³-hybridized carbons (Fsp3) is 0.278. The van der Waals surface area contributed by atoms with Gasteiger partial charge in [-0.05, 0) is 18.2 Å². The molecule has 1 N–H and O–H groups in total. The predicted octanol–water partition coefficient (Wildman–Crippen LogP) is 2.56. The summed E-state index contributed by atoms with van der Waals surface area (Å²) in [4.78, 5) is -0.0747. The third-order valence-electron chi connectivity index (χ3n) is 4.37. The summed E-state index contributed by atoms with van der Waals surface area (Å²) in [5, 5.41) is 12.7. The zero-order valence-corrected chi connectivity index (χ0v) is 15.7. The maximum Gasteiger partial charge on any atom is 0.245 e. The van der Waals surface area contributed by atoms with Crippen LogP contribution in [-0.4, -0.2) is 39.5 Å². The van der Waals surface area contributed by atoms with E-state index in [9.17, 15) is 13.7 Å². The number of halogens is 1. The van der Waals surface area contributed by atoms with Crippen molar-refractivity contribution in [3.63, 3.8) is 0 Å². The molecule has 1 aliphatic heterocycles. The second-order valence-electron chi connectivity index (χ2n) is 5.80. The van der Waals surface area contributed by atoms with Crippen molar-refractivity contribution in [3.05, 3.63) is 58.6 Å². The molecule has 0 saturated carbocycles. The molecule has 1 saturated heterocycles. The van der Waals surface area contributed by atoms with Crippen LogP contribution in [0.5, 0.6) is 5.75 Å². The smallest absolute Gasteiger partial charge is 0.245 e. The van der Waals surface area contributed by atoms with Gasteiger partial charge in [0.05, 0.1) is 23.7 Å².